The SMILES string of the molecule is O=S(=O)(N/N=C/c1ccc(O)cc1O)c1cc(Cl)c(Cl)cc1Cl. The van der Waals surface area contributed by atoms with E-state index in [1.807, 2.05) is 4.83 Å². The molecule has 2 aromatic rings. The largest absolute Gasteiger partial charge is 0.508 e. The van der Waals surface area contributed by atoms with Crippen molar-refractivity contribution < 1.29 is 18.6 Å². The summed E-state index contributed by atoms with van der Waals surface area (Å²) in [6, 6.07) is 6.06. The van der Waals surface area contributed by atoms with Crippen LogP contribution in [0.2, 0.25) is 15.1 Å². The third kappa shape index (κ3) is 4.20. The van der Waals surface area contributed by atoms with E-state index in [2.05, 4.69) is 5.10 Å². The van der Waals surface area contributed by atoms with Crippen molar-refractivity contribution in [3.8, 4) is 11.5 Å². The van der Waals surface area contributed by atoms with Gasteiger partial charge in [-0.05, 0) is 24.3 Å². The Balaban J connectivity index is 2.25. The second-order valence-corrected chi connectivity index (χ2v) is 7.14. The molecule has 0 atom stereocenters. The molecule has 0 fully saturated rings. The summed E-state index contributed by atoms with van der Waals surface area (Å²) in [4.78, 5) is 1.64. The molecular weight excluding hydrogens is 387 g/mol. The van der Waals surface area contributed by atoms with Crippen LogP contribution in [-0.4, -0.2) is 24.8 Å². The van der Waals surface area contributed by atoms with Crippen LogP contribution in [0.5, 0.6) is 11.5 Å². The molecular formula is C13H9Cl3N2O4S. The number of rotatable bonds is 4. The standard InChI is InChI=1S/C13H9Cl3N2O4S/c14-9-4-11(16)13(5-10(9)15)23(21,22)18-17-6-7-1-2-8(19)3-12(7)20/h1-6,18-20H/b17-6+. The molecule has 0 bridgehead atoms. The van der Waals surface area contributed by atoms with E-state index in [0.29, 0.717) is 0 Å². The van der Waals surface area contributed by atoms with Crippen molar-refractivity contribution in [1.29, 1.82) is 0 Å². The summed E-state index contributed by atoms with van der Waals surface area (Å²) >= 11 is 17.4. The fourth-order valence-electron chi connectivity index (χ4n) is 1.57. The van der Waals surface area contributed by atoms with Gasteiger partial charge in [-0.2, -0.15) is 13.5 Å². The van der Waals surface area contributed by atoms with Crippen LogP contribution in [-0.2, 0) is 10.0 Å². The molecule has 0 aliphatic carbocycles. The monoisotopic (exact) mass is 394 g/mol. The smallest absolute Gasteiger partial charge is 0.278 e. The molecule has 122 valence electrons. The van der Waals surface area contributed by atoms with E-state index in [1.165, 1.54) is 18.2 Å². The molecule has 0 aromatic heterocycles. The highest BCUT2D eigenvalue weighted by Gasteiger charge is 2.19. The Bertz CT molecular complexity index is 885. The van der Waals surface area contributed by atoms with Crippen LogP contribution >= 0.6 is 34.8 Å². The van der Waals surface area contributed by atoms with Crippen molar-refractivity contribution in [2.45, 2.75) is 4.90 Å². The molecule has 0 aliphatic rings. The number of hydrogen-bond donors (Lipinski definition) is 3. The summed E-state index contributed by atoms with van der Waals surface area (Å²) in [5, 5.41) is 22.3. The zero-order valence-corrected chi connectivity index (χ0v) is 14.2. The second-order valence-electron chi connectivity index (χ2n) is 4.29. The molecule has 2 rings (SSSR count). The number of phenols is 2. The van der Waals surface area contributed by atoms with Gasteiger partial charge in [0.15, 0.2) is 0 Å². The molecule has 0 saturated heterocycles. The first-order valence-electron chi connectivity index (χ1n) is 5.92. The van der Waals surface area contributed by atoms with Crippen LogP contribution in [0.4, 0.5) is 0 Å². The average molecular weight is 396 g/mol. The number of nitrogens with one attached hydrogen (secondary N) is 1. The van der Waals surface area contributed by atoms with E-state index in [4.69, 9.17) is 39.9 Å². The van der Waals surface area contributed by atoms with Crippen molar-refractivity contribution in [3.63, 3.8) is 0 Å². The Morgan fingerprint density at radius 1 is 1.00 bits per heavy atom. The fraction of sp³-hybridized carbons (Fsp3) is 0. The van der Waals surface area contributed by atoms with Crippen LogP contribution in [0.25, 0.3) is 0 Å². The average Bonchev–Trinajstić information content (AvgIpc) is 2.45. The highest BCUT2D eigenvalue weighted by molar-refractivity contribution is 7.89. The summed E-state index contributed by atoms with van der Waals surface area (Å²) in [6.45, 7) is 0. The number of aromatic hydroxyl groups is 2. The topological polar surface area (TPSA) is 99.0 Å². The van der Waals surface area contributed by atoms with Crippen molar-refractivity contribution >= 4 is 51.0 Å². The van der Waals surface area contributed by atoms with Gasteiger partial charge in [0.2, 0.25) is 0 Å². The van der Waals surface area contributed by atoms with E-state index in [1.54, 1.807) is 0 Å². The zero-order valence-electron chi connectivity index (χ0n) is 11.2. The normalized spacial score (nSPS) is 11.8. The lowest BCUT2D eigenvalue weighted by Crippen LogP contribution is -2.18. The molecule has 0 unspecified atom stereocenters. The minimum atomic E-state index is -4.08. The van der Waals surface area contributed by atoms with Gasteiger partial charge in [-0.25, -0.2) is 4.83 Å². The highest BCUT2D eigenvalue weighted by atomic mass is 35.5. The third-order valence-corrected chi connectivity index (χ3v) is 5.06. The van der Waals surface area contributed by atoms with Gasteiger partial charge in [-0.3, -0.25) is 0 Å². The van der Waals surface area contributed by atoms with E-state index in [-0.39, 0.29) is 37.0 Å². The number of hydrazone groups is 1. The van der Waals surface area contributed by atoms with Gasteiger partial charge < -0.3 is 10.2 Å². The maximum absolute atomic E-state index is 12.1. The van der Waals surface area contributed by atoms with Gasteiger partial charge in [-0.1, -0.05) is 34.8 Å². The molecule has 6 nitrogen and oxygen atoms in total. The molecule has 23 heavy (non-hydrogen) atoms. The molecule has 2 aromatic carbocycles. The van der Waals surface area contributed by atoms with Gasteiger partial charge in [0.05, 0.1) is 21.3 Å². The van der Waals surface area contributed by atoms with Crippen molar-refractivity contribution in [1.82, 2.24) is 4.83 Å². The van der Waals surface area contributed by atoms with E-state index in [0.717, 1.165) is 18.3 Å². The number of hydrogen-bond acceptors (Lipinski definition) is 5. The number of nitrogens with zero attached hydrogens (tertiary/aromatic N) is 1. The predicted octanol–water partition coefficient (Wildman–Crippen LogP) is 3.37. The number of sulfonamides is 1. The van der Waals surface area contributed by atoms with Gasteiger partial charge in [-0.15, -0.1) is 0 Å². The minimum Gasteiger partial charge on any atom is -0.508 e. The lowest BCUT2D eigenvalue weighted by molar-refractivity contribution is 0.450. The van der Waals surface area contributed by atoms with Gasteiger partial charge in [0.1, 0.15) is 16.4 Å². The Morgan fingerprint density at radius 2 is 1.65 bits per heavy atom. The first kappa shape index (κ1) is 17.7. The molecule has 10 heteroatoms. The molecule has 0 aliphatic heterocycles. The van der Waals surface area contributed by atoms with Crippen LogP contribution in [0.15, 0.2) is 40.3 Å². The first-order chi connectivity index (χ1) is 10.7. The summed E-state index contributed by atoms with van der Waals surface area (Å²) in [7, 11) is -4.08. The maximum atomic E-state index is 12.1. The molecule has 3 N–H and O–H groups in total. The van der Waals surface area contributed by atoms with Crippen LogP contribution in [0, 0.1) is 0 Å². The third-order valence-electron chi connectivity index (χ3n) is 2.65. The Hall–Kier alpha value is -1.67. The molecule has 0 saturated carbocycles. The Morgan fingerprint density at radius 3 is 2.30 bits per heavy atom. The molecule has 0 amide bonds. The number of halogens is 3. The molecule has 0 heterocycles. The molecule has 0 radical (unpaired) electrons. The molecule has 0 spiro atoms. The first-order valence-corrected chi connectivity index (χ1v) is 8.54. The van der Waals surface area contributed by atoms with Crippen LogP contribution < -0.4 is 4.83 Å². The number of phenolic OH excluding ortho intramolecular Hbond substituents is 2. The zero-order chi connectivity index (χ0) is 17.2. The summed E-state index contributed by atoms with van der Waals surface area (Å²) in [5.41, 5.74) is 0.200. The lowest BCUT2D eigenvalue weighted by atomic mass is 10.2. The maximum Gasteiger partial charge on any atom is 0.278 e. The van der Waals surface area contributed by atoms with Gasteiger partial charge in [0.25, 0.3) is 10.0 Å². The second kappa shape index (κ2) is 6.84. The summed E-state index contributed by atoms with van der Waals surface area (Å²) in [6.07, 6.45) is 1.07. The summed E-state index contributed by atoms with van der Waals surface area (Å²) in [5.74, 6) is -0.400. The Kier molecular flexibility index (Phi) is 5.26. The highest BCUT2D eigenvalue weighted by Crippen LogP contribution is 2.31. The van der Waals surface area contributed by atoms with E-state index >= 15 is 0 Å². The minimum absolute atomic E-state index is 0.0246. The van der Waals surface area contributed by atoms with E-state index < -0.39 is 10.0 Å². The quantitative estimate of drug-likeness (QED) is 0.420. The van der Waals surface area contributed by atoms with Crippen molar-refractivity contribution in [2.24, 2.45) is 5.10 Å². The fourth-order valence-corrected chi connectivity index (χ4v) is 3.36. The van der Waals surface area contributed by atoms with Gasteiger partial charge >= 0.3 is 0 Å². The van der Waals surface area contributed by atoms with Crippen molar-refractivity contribution in [3.05, 3.63) is 51.0 Å². The Labute approximate surface area is 147 Å². The van der Waals surface area contributed by atoms with Crippen LogP contribution in [0.3, 0.4) is 0 Å². The number of benzene rings is 2. The van der Waals surface area contributed by atoms with Crippen LogP contribution in [0.1, 0.15) is 5.56 Å². The predicted molar refractivity (Wildman–Crippen MR) is 89.2 cm³/mol. The lowest BCUT2D eigenvalue weighted by Gasteiger charge is -2.07. The van der Waals surface area contributed by atoms with Gasteiger partial charge in [0, 0.05) is 11.6 Å². The van der Waals surface area contributed by atoms with E-state index in [9.17, 15) is 13.5 Å². The summed E-state index contributed by atoms with van der Waals surface area (Å²) < 4.78 is 24.3. The van der Waals surface area contributed by atoms with Crippen molar-refractivity contribution in [2.75, 3.05) is 0 Å².